The van der Waals surface area contributed by atoms with Gasteiger partial charge in [-0.25, -0.2) is 4.79 Å². The molecule has 132 valence electrons. The number of halogens is 2. The van der Waals surface area contributed by atoms with Gasteiger partial charge in [0.1, 0.15) is 11.6 Å². The number of carboxylic acids is 1. The van der Waals surface area contributed by atoms with Crippen LogP contribution in [-0.2, 0) is 29.1 Å². The van der Waals surface area contributed by atoms with Crippen molar-refractivity contribution in [1.82, 2.24) is 4.57 Å². The number of carbonyl (C=O) groups excluding carboxylic acids is 1. The summed E-state index contributed by atoms with van der Waals surface area (Å²) in [6.45, 7) is 1.37. The van der Waals surface area contributed by atoms with Gasteiger partial charge in [-0.05, 0) is 30.2 Å². The number of aryl methyl sites for hydroxylation is 1. The van der Waals surface area contributed by atoms with Gasteiger partial charge in [0.25, 0.3) is 5.56 Å². The number of hydrogen-bond acceptors (Lipinski definition) is 4. The summed E-state index contributed by atoms with van der Waals surface area (Å²) in [6.07, 6.45) is 0.448. The summed E-state index contributed by atoms with van der Waals surface area (Å²) in [5, 5.41) is 9.10. The Labute approximate surface area is 153 Å². The highest BCUT2D eigenvalue weighted by Gasteiger charge is 2.14. The Morgan fingerprint density at radius 3 is 2.36 bits per heavy atom. The SMILES string of the molecule is CC(=O)OCc1c(Cl)cc(Cl)c(=O)n1CCc1ccc(C(=O)O)cc1. The monoisotopic (exact) mass is 383 g/mol. The Kier molecular flexibility index (Phi) is 6.22. The van der Waals surface area contributed by atoms with Gasteiger partial charge in [0.2, 0.25) is 0 Å². The van der Waals surface area contributed by atoms with E-state index in [0.717, 1.165) is 5.56 Å². The molecule has 0 saturated carbocycles. The molecule has 0 aliphatic carbocycles. The van der Waals surface area contributed by atoms with E-state index in [0.29, 0.717) is 12.1 Å². The fraction of sp³-hybridized carbons (Fsp3) is 0.235. The molecule has 1 heterocycles. The third-order valence-corrected chi connectivity index (χ3v) is 4.14. The van der Waals surface area contributed by atoms with Crippen LogP contribution in [0.2, 0.25) is 10.0 Å². The summed E-state index contributed by atoms with van der Waals surface area (Å²) < 4.78 is 6.31. The van der Waals surface area contributed by atoms with Gasteiger partial charge in [0.05, 0.1) is 16.3 Å². The van der Waals surface area contributed by atoms with Crippen LogP contribution < -0.4 is 5.56 Å². The van der Waals surface area contributed by atoms with Crippen molar-refractivity contribution in [2.45, 2.75) is 26.5 Å². The van der Waals surface area contributed by atoms with Crippen molar-refractivity contribution in [1.29, 1.82) is 0 Å². The van der Waals surface area contributed by atoms with Gasteiger partial charge in [-0.15, -0.1) is 0 Å². The molecule has 0 fully saturated rings. The van der Waals surface area contributed by atoms with Crippen LogP contribution in [-0.4, -0.2) is 21.6 Å². The van der Waals surface area contributed by atoms with Crippen LogP contribution in [0.1, 0.15) is 28.5 Å². The molecule has 0 radical (unpaired) electrons. The lowest BCUT2D eigenvalue weighted by atomic mass is 10.1. The van der Waals surface area contributed by atoms with E-state index in [-0.39, 0.29) is 28.8 Å². The molecule has 1 aromatic heterocycles. The molecule has 25 heavy (non-hydrogen) atoms. The zero-order valence-corrected chi connectivity index (χ0v) is 14.8. The minimum absolute atomic E-state index is 0.0298. The first kappa shape index (κ1) is 19.0. The van der Waals surface area contributed by atoms with Crippen LogP contribution in [0.15, 0.2) is 35.1 Å². The molecule has 1 aromatic carbocycles. The molecule has 0 unspecified atom stereocenters. The lowest BCUT2D eigenvalue weighted by molar-refractivity contribution is -0.142. The molecule has 2 rings (SSSR count). The van der Waals surface area contributed by atoms with E-state index in [2.05, 4.69) is 0 Å². The highest BCUT2D eigenvalue weighted by Crippen LogP contribution is 2.19. The summed E-state index contributed by atoms with van der Waals surface area (Å²) in [5.74, 6) is -1.50. The molecule has 1 N–H and O–H groups in total. The molecule has 0 amide bonds. The number of nitrogens with zero attached hydrogens (tertiary/aromatic N) is 1. The minimum Gasteiger partial charge on any atom is -0.478 e. The van der Waals surface area contributed by atoms with E-state index in [4.69, 9.17) is 33.0 Å². The zero-order chi connectivity index (χ0) is 18.6. The average Bonchev–Trinajstić information content (AvgIpc) is 2.56. The van der Waals surface area contributed by atoms with E-state index in [1.165, 1.54) is 29.7 Å². The largest absolute Gasteiger partial charge is 0.478 e. The molecule has 0 saturated heterocycles. The number of benzene rings is 1. The Balaban J connectivity index is 2.26. The van der Waals surface area contributed by atoms with E-state index in [1.54, 1.807) is 12.1 Å². The highest BCUT2D eigenvalue weighted by atomic mass is 35.5. The first-order chi connectivity index (χ1) is 11.8. The topological polar surface area (TPSA) is 85.6 Å². The second kappa shape index (κ2) is 8.18. The van der Waals surface area contributed by atoms with Crippen LogP contribution in [0.25, 0.3) is 0 Å². The minimum atomic E-state index is -1.01. The van der Waals surface area contributed by atoms with Gasteiger partial charge in [0, 0.05) is 13.5 Å². The molecule has 0 bridgehead atoms. The molecule has 0 atom stereocenters. The van der Waals surface area contributed by atoms with Crippen molar-refractivity contribution >= 4 is 35.1 Å². The molecular weight excluding hydrogens is 369 g/mol. The van der Waals surface area contributed by atoms with E-state index >= 15 is 0 Å². The highest BCUT2D eigenvalue weighted by molar-refractivity contribution is 6.34. The number of aromatic nitrogens is 1. The maximum Gasteiger partial charge on any atom is 0.335 e. The Bertz CT molecular complexity index is 859. The number of hydrogen-bond donors (Lipinski definition) is 1. The van der Waals surface area contributed by atoms with Crippen molar-refractivity contribution in [2.75, 3.05) is 0 Å². The average molecular weight is 384 g/mol. The van der Waals surface area contributed by atoms with Crippen LogP contribution in [0.3, 0.4) is 0 Å². The van der Waals surface area contributed by atoms with Gasteiger partial charge in [-0.1, -0.05) is 35.3 Å². The third-order valence-electron chi connectivity index (χ3n) is 3.54. The fourth-order valence-corrected chi connectivity index (χ4v) is 2.78. The number of pyridine rings is 1. The van der Waals surface area contributed by atoms with E-state index in [9.17, 15) is 14.4 Å². The fourth-order valence-electron chi connectivity index (χ4n) is 2.24. The lowest BCUT2D eigenvalue weighted by Crippen LogP contribution is -2.26. The summed E-state index contributed by atoms with van der Waals surface area (Å²) >= 11 is 12.0. The Morgan fingerprint density at radius 2 is 1.80 bits per heavy atom. The Morgan fingerprint density at radius 1 is 1.16 bits per heavy atom. The summed E-state index contributed by atoms with van der Waals surface area (Å²) in [7, 11) is 0. The lowest BCUT2D eigenvalue weighted by Gasteiger charge is -2.15. The van der Waals surface area contributed by atoms with Crippen molar-refractivity contribution in [3.05, 3.63) is 67.6 Å². The number of carboxylic acid groups (broad SMARTS) is 1. The summed E-state index contributed by atoms with van der Waals surface area (Å²) in [6, 6.07) is 7.65. The van der Waals surface area contributed by atoms with Gasteiger partial charge in [-0.2, -0.15) is 0 Å². The van der Waals surface area contributed by atoms with Crippen LogP contribution in [0.5, 0.6) is 0 Å². The van der Waals surface area contributed by atoms with Gasteiger partial charge in [-0.3, -0.25) is 9.59 Å². The molecule has 0 spiro atoms. The number of ether oxygens (including phenoxy) is 1. The van der Waals surface area contributed by atoms with Crippen LogP contribution >= 0.6 is 23.2 Å². The maximum atomic E-state index is 12.3. The quantitative estimate of drug-likeness (QED) is 0.774. The molecule has 2 aromatic rings. The van der Waals surface area contributed by atoms with Crippen molar-refractivity contribution in [3.8, 4) is 0 Å². The predicted molar refractivity (Wildman–Crippen MR) is 93.3 cm³/mol. The van der Waals surface area contributed by atoms with Crippen LogP contribution in [0, 0.1) is 0 Å². The number of rotatable bonds is 6. The first-order valence-electron chi connectivity index (χ1n) is 7.33. The Hall–Kier alpha value is -2.31. The van der Waals surface area contributed by atoms with Gasteiger partial charge < -0.3 is 14.4 Å². The van der Waals surface area contributed by atoms with Crippen molar-refractivity contribution in [2.24, 2.45) is 0 Å². The van der Waals surface area contributed by atoms with Crippen molar-refractivity contribution in [3.63, 3.8) is 0 Å². The smallest absolute Gasteiger partial charge is 0.335 e. The molecular formula is C17H15Cl2NO5. The number of esters is 1. The first-order valence-corrected chi connectivity index (χ1v) is 8.08. The van der Waals surface area contributed by atoms with E-state index < -0.39 is 17.5 Å². The second-order valence-corrected chi connectivity index (χ2v) is 6.09. The maximum absolute atomic E-state index is 12.3. The third kappa shape index (κ3) is 4.84. The normalized spacial score (nSPS) is 10.5. The van der Waals surface area contributed by atoms with E-state index in [1.807, 2.05) is 0 Å². The molecule has 8 heteroatoms. The number of aromatic carboxylic acids is 1. The summed E-state index contributed by atoms with van der Waals surface area (Å²) in [5.41, 5.74) is 0.942. The summed E-state index contributed by atoms with van der Waals surface area (Å²) in [4.78, 5) is 34.2. The van der Waals surface area contributed by atoms with Gasteiger partial charge in [0.15, 0.2) is 0 Å². The van der Waals surface area contributed by atoms with Crippen LogP contribution in [0.4, 0.5) is 0 Å². The molecule has 0 aliphatic heterocycles. The zero-order valence-electron chi connectivity index (χ0n) is 13.3. The van der Waals surface area contributed by atoms with Crippen molar-refractivity contribution < 1.29 is 19.4 Å². The molecule has 6 nitrogen and oxygen atoms in total. The standard InChI is InChI=1S/C17H15Cl2NO5/c1-10(21)25-9-15-13(18)8-14(19)16(22)20(15)7-6-11-2-4-12(5-3-11)17(23)24/h2-5,8H,6-7,9H2,1H3,(H,23,24). The van der Waals surface area contributed by atoms with Gasteiger partial charge >= 0.3 is 11.9 Å². The second-order valence-electron chi connectivity index (χ2n) is 5.28. The molecule has 0 aliphatic rings. The predicted octanol–water partition coefficient (Wildman–Crippen LogP) is 3.16. The number of carbonyl (C=O) groups is 2.